The van der Waals surface area contributed by atoms with Crippen molar-refractivity contribution in [1.82, 2.24) is 9.80 Å². The quantitative estimate of drug-likeness (QED) is 0.290. The maximum atomic E-state index is 12.6. The molecule has 1 aliphatic carbocycles. The van der Waals surface area contributed by atoms with Crippen molar-refractivity contribution in [2.75, 3.05) is 60.2 Å². The largest absolute Gasteiger partial charge is 0.490 e. The van der Waals surface area contributed by atoms with Crippen molar-refractivity contribution >= 4 is 18.0 Å². The smallest absolute Gasteiger partial charge is 0.410 e. The summed E-state index contributed by atoms with van der Waals surface area (Å²) >= 11 is 0. The molecule has 42 heavy (non-hydrogen) atoms. The number of esters is 2. The number of carbonyl (C=O) groups is 3. The maximum absolute atomic E-state index is 12.6. The Morgan fingerprint density at radius 1 is 0.952 bits per heavy atom. The van der Waals surface area contributed by atoms with Crippen LogP contribution in [0.4, 0.5) is 4.79 Å². The second kappa shape index (κ2) is 14.2. The minimum absolute atomic E-state index is 0.00200. The van der Waals surface area contributed by atoms with E-state index in [0.29, 0.717) is 44.0 Å². The van der Waals surface area contributed by atoms with E-state index in [1.165, 1.54) is 20.3 Å². The van der Waals surface area contributed by atoms with Crippen LogP contribution in [-0.2, 0) is 18.9 Å². The fraction of sp³-hybridized carbons (Fsp3) is 0.645. The van der Waals surface area contributed by atoms with Crippen LogP contribution < -0.4 is 9.47 Å². The first-order valence-corrected chi connectivity index (χ1v) is 14.7. The summed E-state index contributed by atoms with van der Waals surface area (Å²) < 4.78 is 33.4. The van der Waals surface area contributed by atoms with Crippen LogP contribution >= 0.6 is 0 Å². The fourth-order valence-electron chi connectivity index (χ4n) is 5.47. The summed E-state index contributed by atoms with van der Waals surface area (Å²) in [5.41, 5.74) is -0.474. The van der Waals surface area contributed by atoms with Crippen LogP contribution in [-0.4, -0.2) is 106 Å². The van der Waals surface area contributed by atoms with Crippen LogP contribution in [0, 0.1) is 5.92 Å². The number of methoxy groups -OCH3 is 2. The highest BCUT2D eigenvalue weighted by atomic mass is 16.6. The number of fused-ring (bicyclic) bond motifs is 7. The highest BCUT2D eigenvalue weighted by Crippen LogP contribution is 2.36. The predicted octanol–water partition coefficient (Wildman–Crippen LogP) is 4.08. The molecule has 3 heterocycles. The van der Waals surface area contributed by atoms with Gasteiger partial charge in [-0.1, -0.05) is 6.08 Å². The highest BCUT2D eigenvalue weighted by Gasteiger charge is 2.37. The second-order valence-corrected chi connectivity index (χ2v) is 12.0. The first kappa shape index (κ1) is 31.6. The van der Waals surface area contributed by atoms with Crippen molar-refractivity contribution in [3.05, 3.63) is 35.4 Å². The van der Waals surface area contributed by atoms with Gasteiger partial charge in [-0.25, -0.2) is 14.4 Å². The summed E-state index contributed by atoms with van der Waals surface area (Å²) in [5, 5.41) is 0. The minimum atomic E-state index is -0.699. The zero-order valence-corrected chi connectivity index (χ0v) is 25.4. The molecule has 3 aliphatic heterocycles. The van der Waals surface area contributed by atoms with Gasteiger partial charge in [0.2, 0.25) is 0 Å². The molecule has 232 valence electrons. The molecule has 1 aromatic carbocycles. The van der Waals surface area contributed by atoms with E-state index in [1.54, 1.807) is 12.1 Å². The third-order valence-electron chi connectivity index (χ3n) is 7.76. The Kier molecular flexibility index (Phi) is 10.7. The zero-order chi connectivity index (χ0) is 30.3. The van der Waals surface area contributed by atoms with Crippen LogP contribution in [0.1, 0.15) is 67.2 Å². The molecule has 0 spiro atoms. The molecule has 0 atom stereocenters. The summed E-state index contributed by atoms with van der Waals surface area (Å²) in [6.45, 7) is 9.97. The first-order valence-electron chi connectivity index (χ1n) is 14.7. The van der Waals surface area contributed by atoms with Gasteiger partial charge in [0.25, 0.3) is 0 Å². The Balaban J connectivity index is 1.44. The molecule has 0 unspecified atom stereocenters. The Morgan fingerprint density at radius 3 is 2.31 bits per heavy atom. The van der Waals surface area contributed by atoms with Gasteiger partial charge < -0.3 is 33.3 Å². The average Bonchev–Trinajstić information content (AvgIpc) is 2.93. The van der Waals surface area contributed by atoms with E-state index in [2.05, 4.69) is 4.90 Å². The van der Waals surface area contributed by atoms with E-state index >= 15 is 0 Å². The van der Waals surface area contributed by atoms with Crippen LogP contribution in [0.5, 0.6) is 11.5 Å². The number of hydrogen-bond donors (Lipinski definition) is 0. The third kappa shape index (κ3) is 8.38. The Labute approximate surface area is 248 Å². The molecular formula is C31H44N2O9. The maximum Gasteiger partial charge on any atom is 0.410 e. The number of carbonyl (C=O) groups excluding carboxylic acids is 3. The van der Waals surface area contributed by atoms with Crippen LogP contribution in [0.25, 0.3) is 0 Å². The van der Waals surface area contributed by atoms with Gasteiger partial charge in [-0.15, -0.1) is 0 Å². The molecule has 1 saturated carbocycles. The van der Waals surface area contributed by atoms with Crippen molar-refractivity contribution in [2.45, 2.75) is 64.2 Å². The summed E-state index contributed by atoms with van der Waals surface area (Å²) in [4.78, 5) is 42.0. The molecule has 1 amide bonds. The Morgan fingerprint density at radius 2 is 1.64 bits per heavy atom. The summed E-state index contributed by atoms with van der Waals surface area (Å²) in [6, 6.07) is 3.47. The van der Waals surface area contributed by atoms with Crippen molar-refractivity contribution in [1.29, 1.82) is 0 Å². The van der Waals surface area contributed by atoms with Gasteiger partial charge in [0.05, 0.1) is 33.0 Å². The predicted molar refractivity (Wildman–Crippen MR) is 154 cm³/mol. The fourth-order valence-corrected chi connectivity index (χ4v) is 5.47. The van der Waals surface area contributed by atoms with E-state index in [4.69, 9.17) is 28.4 Å². The van der Waals surface area contributed by atoms with E-state index < -0.39 is 17.5 Å². The summed E-state index contributed by atoms with van der Waals surface area (Å²) in [5.74, 6) is -0.286. The number of likely N-dealkylation sites (tertiary alicyclic amines) is 1. The number of nitrogens with zero attached hydrogens (tertiary/aromatic N) is 2. The normalized spacial score (nSPS) is 23.0. The lowest BCUT2D eigenvalue weighted by Gasteiger charge is -2.45. The van der Waals surface area contributed by atoms with Crippen molar-refractivity contribution in [2.24, 2.45) is 5.92 Å². The number of rotatable bonds is 4. The molecule has 0 radical (unpaired) electrons. The van der Waals surface area contributed by atoms with Gasteiger partial charge in [-0.3, -0.25) is 4.90 Å². The van der Waals surface area contributed by atoms with Crippen LogP contribution in [0.2, 0.25) is 0 Å². The molecule has 11 heteroatoms. The highest BCUT2D eigenvalue weighted by molar-refractivity contribution is 6.05. The molecular weight excluding hydrogens is 544 g/mol. The van der Waals surface area contributed by atoms with Crippen molar-refractivity contribution < 1.29 is 42.8 Å². The van der Waals surface area contributed by atoms with Crippen LogP contribution in [0.15, 0.2) is 24.3 Å². The van der Waals surface area contributed by atoms with E-state index in [-0.39, 0.29) is 35.7 Å². The lowest BCUT2D eigenvalue weighted by Crippen LogP contribution is -2.52. The van der Waals surface area contributed by atoms with Crippen LogP contribution in [0.3, 0.4) is 0 Å². The number of ether oxygens (including phenoxy) is 6. The topological polar surface area (TPSA) is 113 Å². The van der Waals surface area contributed by atoms with Gasteiger partial charge in [0.15, 0.2) is 0 Å². The molecule has 1 aromatic rings. The molecule has 0 aromatic heterocycles. The monoisotopic (exact) mass is 588 g/mol. The molecule has 2 fully saturated rings. The minimum Gasteiger partial charge on any atom is -0.490 e. The van der Waals surface area contributed by atoms with E-state index in [0.717, 1.165) is 38.8 Å². The van der Waals surface area contributed by atoms with Gasteiger partial charge in [0.1, 0.15) is 35.4 Å². The number of amides is 1. The third-order valence-corrected chi connectivity index (χ3v) is 7.76. The molecule has 5 rings (SSSR count). The molecule has 11 nitrogen and oxygen atoms in total. The van der Waals surface area contributed by atoms with Gasteiger partial charge >= 0.3 is 18.0 Å². The SMILES string of the molecule is COC(=O)c1cc2cc(c1C(=O)OC)OC/C=C/COCCN(CC1CCN(C(=O)OC(C)(C)C)CC1)[C@H]1C[C@@H](C1)O2. The van der Waals surface area contributed by atoms with E-state index in [9.17, 15) is 14.4 Å². The Hall–Kier alpha value is -3.31. The lowest BCUT2D eigenvalue weighted by atomic mass is 9.86. The lowest BCUT2D eigenvalue weighted by molar-refractivity contribution is -0.0110. The average molecular weight is 589 g/mol. The van der Waals surface area contributed by atoms with Gasteiger partial charge in [-0.2, -0.15) is 0 Å². The molecule has 4 aliphatic rings. The summed E-state index contributed by atoms with van der Waals surface area (Å²) in [7, 11) is 2.50. The number of benzene rings is 1. The van der Waals surface area contributed by atoms with Crippen molar-refractivity contribution in [3.63, 3.8) is 0 Å². The molecule has 1 saturated heterocycles. The number of hydrogen-bond acceptors (Lipinski definition) is 10. The van der Waals surface area contributed by atoms with Crippen molar-refractivity contribution in [3.8, 4) is 11.5 Å². The Bertz CT molecular complexity index is 1130. The van der Waals surface area contributed by atoms with Gasteiger partial charge in [0, 0.05) is 51.1 Å². The molecule has 4 bridgehead atoms. The first-order chi connectivity index (χ1) is 20.1. The standard InChI is InChI=1S/C31H44N2O9/c1-31(2,3)42-30(36)32-10-8-21(9-11-32)20-33-12-15-39-13-6-7-14-40-26-19-24(41-23-16-22(33)17-23)18-25(28(34)37-4)27(26)29(35)38-5/h6-7,18-19,21-23H,8-17,20H2,1-5H3/b7-6+/t22-,23-. The van der Waals surface area contributed by atoms with E-state index in [1.807, 2.05) is 31.7 Å². The zero-order valence-electron chi connectivity index (χ0n) is 25.4. The number of piperidine rings is 1. The molecule has 0 N–H and O–H groups in total. The second-order valence-electron chi connectivity index (χ2n) is 12.0. The summed E-state index contributed by atoms with van der Waals surface area (Å²) in [6.07, 6.45) is 6.86. The van der Waals surface area contributed by atoms with Gasteiger partial charge in [-0.05, 0) is 51.7 Å².